The Morgan fingerprint density at radius 2 is 1.46 bits per heavy atom. The van der Waals surface area contributed by atoms with Crippen molar-refractivity contribution in [2.45, 2.75) is 98.6 Å². The number of primary amides is 1. The summed E-state index contributed by atoms with van der Waals surface area (Å²) in [5.74, 6) is -6.09. The fraction of sp³-hybridized carbons (Fsp3) is 0.697. The van der Waals surface area contributed by atoms with Gasteiger partial charge in [0.05, 0.1) is 6.04 Å². The van der Waals surface area contributed by atoms with E-state index in [1.165, 1.54) is 22.0 Å². The maximum atomic E-state index is 14.4. The minimum atomic E-state index is -4.69. The summed E-state index contributed by atoms with van der Waals surface area (Å²) in [6.45, 7) is 21.8. The van der Waals surface area contributed by atoms with E-state index in [-0.39, 0.29) is 30.8 Å². The minimum Gasteiger partial charge on any atom is -0.363 e. The molecule has 48 heavy (non-hydrogen) atoms. The summed E-state index contributed by atoms with van der Waals surface area (Å²) < 4.78 is 39.1. The molecule has 1 fully saturated rings. The van der Waals surface area contributed by atoms with Gasteiger partial charge in [0.25, 0.3) is 5.91 Å². The number of alkyl halides is 3. The highest BCUT2D eigenvalue weighted by atomic mass is 19.4. The molecule has 0 aliphatic carbocycles. The van der Waals surface area contributed by atoms with E-state index in [0.717, 1.165) is 0 Å². The molecule has 0 aromatic heterocycles. The normalized spacial score (nSPS) is 20.3. The summed E-state index contributed by atoms with van der Waals surface area (Å²) in [4.78, 5) is 81.5. The predicted molar refractivity (Wildman–Crippen MR) is 175 cm³/mol. The second kappa shape index (κ2) is 16.5. The van der Waals surface area contributed by atoms with Crippen molar-refractivity contribution in [1.82, 2.24) is 25.8 Å². The van der Waals surface area contributed by atoms with E-state index >= 15 is 0 Å². The Balaban J connectivity index is 3.54. The predicted octanol–water partition coefficient (Wildman–Crippen LogP) is 2.93. The highest BCUT2D eigenvalue weighted by Gasteiger charge is 2.51. The van der Waals surface area contributed by atoms with Gasteiger partial charge in [0, 0.05) is 32.5 Å². The molecule has 5 N–H and O–H groups in total. The molecular weight excluding hydrogens is 633 g/mol. The number of likely N-dealkylation sites (tertiary alicyclic amines) is 1. The summed E-state index contributed by atoms with van der Waals surface area (Å²) in [5, 5.41) is 7.60. The fourth-order valence-electron chi connectivity index (χ4n) is 5.68. The van der Waals surface area contributed by atoms with Gasteiger partial charge in [0.2, 0.25) is 23.5 Å². The van der Waals surface area contributed by atoms with Crippen molar-refractivity contribution < 1.29 is 41.9 Å². The Kier molecular flexibility index (Phi) is 14.4. The number of amides is 6. The van der Waals surface area contributed by atoms with Gasteiger partial charge < -0.3 is 31.5 Å². The number of nitrogens with one attached hydrogen (secondary N) is 3. The van der Waals surface area contributed by atoms with Crippen LogP contribution in [0.15, 0.2) is 25.3 Å². The lowest BCUT2D eigenvalue weighted by atomic mass is 9.82. The first kappa shape index (κ1) is 42.1. The largest absolute Gasteiger partial charge is 0.389 e. The molecule has 0 radical (unpaired) electrons. The Morgan fingerprint density at radius 3 is 1.88 bits per heavy atom. The van der Waals surface area contributed by atoms with Crippen LogP contribution in [-0.2, 0) is 24.0 Å². The first-order valence-corrected chi connectivity index (χ1v) is 15.8. The number of carbonyl (C=O) groups is 6. The lowest BCUT2D eigenvalue weighted by Gasteiger charge is -2.37. The van der Waals surface area contributed by atoms with Crippen LogP contribution in [0.1, 0.15) is 68.2 Å². The van der Waals surface area contributed by atoms with Crippen molar-refractivity contribution in [2.75, 3.05) is 20.1 Å². The summed E-state index contributed by atoms with van der Waals surface area (Å²) in [6, 6.07) is -6.29. The maximum absolute atomic E-state index is 14.4. The minimum absolute atomic E-state index is 0.0214. The third kappa shape index (κ3) is 11.4. The molecule has 0 saturated carbocycles. The first-order valence-electron chi connectivity index (χ1n) is 15.8. The highest BCUT2D eigenvalue weighted by Crippen LogP contribution is 2.38. The van der Waals surface area contributed by atoms with Crippen LogP contribution in [0.2, 0.25) is 0 Å². The van der Waals surface area contributed by atoms with Crippen molar-refractivity contribution in [2.24, 2.45) is 34.3 Å². The standard InChI is InChI=1S/C33H53F3N6O6/c1-12-16-41(11)28(46)24(31(5,6)7)39-30(48)40-25(32(8,9)10)29(47)42-17-20(18(3)4)19(13-2)22(42)27(45)38-21(23(43)26(37)44)14-15-33(34,35)36/h12-13,18-22,24-25H,1-2,14-17H2,3-11H3,(H2,37,44)(H,38,45)(H2,39,40,48)/t19-,20+,21?,22-,24+,25+/m0/s1. The van der Waals surface area contributed by atoms with Gasteiger partial charge in [-0.1, -0.05) is 67.5 Å². The molecule has 0 spiro atoms. The molecule has 1 aliphatic heterocycles. The zero-order valence-electron chi connectivity index (χ0n) is 29.5. The second-order valence-corrected chi connectivity index (χ2v) is 14.8. The maximum Gasteiger partial charge on any atom is 0.389 e. The number of urea groups is 1. The van der Waals surface area contributed by atoms with Crippen molar-refractivity contribution in [3.05, 3.63) is 25.3 Å². The third-order valence-electron chi connectivity index (χ3n) is 8.43. The van der Waals surface area contributed by atoms with Crippen molar-refractivity contribution in [1.29, 1.82) is 0 Å². The molecule has 1 unspecified atom stereocenters. The molecule has 0 aromatic rings. The lowest BCUT2D eigenvalue weighted by molar-refractivity contribution is -0.146. The van der Waals surface area contributed by atoms with Crippen molar-refractivity contribution in [3.8, 4) is 0 Å². The van der Waals surface area contributed by atoms with Crippen LogP contribution in [0, 0.1) is 28.6 Å². The fourth-order valence-corrected chi connectivity index (χ4v) is 5.68. The number of hydrogen-bond acceptors (Lipinski definition) is 6. The van der Waals surface area contributed by atoms with E-state index in [9.17, 15) is 41.9 Å². The number of rotatable bonds is 14. The van der Waals surface area contributed by atoms with E-state index in [0.29, 0.717) is 0 Å². The number of likely N-dealkylation sites (N-methyl/N-ethyl adjacent to an activating group) is 1. The van der Waals surface area contributed by atoms with Gasteiger partial charge in [-0.3, -0.25) is 24.0 Å². The molecule has 1 aliphatic rings. The van der Waals surface area contributed by atoms with Crippen LogP contribution < -0.4 is 21.7 Å². The second-order valence-electron chi connectivity index (χ2n) is 14.8. The van der Waals surface area contributed by atoms with Crippen molar-refractivity contribution >= 4 is 35.4 Å². The quantitative estimate of drug-likeness (QED) is 0.162. The summed E-state index contributed by atoms with van der Waals surface area (Å²) in [5.41, 5.74) is 3.40. The van der Waals surface area contributed by atoms with Gasteiger partial charge in [-0.05, 0) is 29.1 Å². The van der Waals surface area contributed by atoms with Gasteiger partial charge in [-0.2, -0.15) is 13.2 Å². The van der Waals surface area contributed by atoms with Gasteiger partial charge >= 0.3 is 12.2 Å². The zero-order valence-corrected chi connectivity index (χ0v) is 29.5. The zero-order chi connectivity index (χ0) is 37.5. The Bertz CT molecular complexity index is 1240. The van der Waals surface area contributed by atoms with Crippen LogP contribution in [0.25, 0.3) is 0 Å². The Labute approximate surface area is 281 Å². The number of nitrogens with zero attached hydrogens (tertiary/aromatic N) is 2. The van der Waals surface area contributed by atoms with Crippen LogP contribution in [0.4, 0.5) is 18.0 Å². The molecule has 6 atom stereocenters. The SMILES string of the molecule is C=CCN(C)C(=O)[C@@H](NC(=O)N[C@H](C(=O)N1C[C@H](C(C)C)[C@H](C=C)[C@H]1C(=O)NC(CCC(F)(F)F)C(=O)C(N)=O)C(C)(C)C)C(C)(C)C. The van der Waals surface area contributed by atoms with E-state index in [1.807, 2.05) is 13.8 Å². The molecule has 1 heterocycles. The number of carbonyl (C=O) groups excluding carboxylic acids is 6. The molecule has 0 bridgehead atoms. The monoisotopic (exact) mass is 686 g/mol. The third-order valence-corrected chi connectivity index (χ3v) is 8.43. The number of hydrogen-bond donors (Lipinski definition) is 4. The smallest absolute Gasteiger partial charge is 0.363 e. The molecule has 272 valence electrons. The summed E-state index contributed by atoms with van der Waals surface area (Å²) in [7, 11) is 1.56. The number of nitrogens with two attached hydrogens (primary N) is 1. The molecule has 6 amide bonds. The van der Waals surface area contributed by atoms with Crippen LogP contribution >= 0.6 is 0 Å². The molecule has 0 aromatic carbocycles. The summed E-state index contributed by atoms with van der Waals surface area (Å²) >= 11 is 0. The van der Waals surface area contributed by atoms with Crippen LogP contribution in [0.3, 0.4) is 0 Å². The molecule has 15 heteroatoms. The van der Waals surface area contributed by atoms with E-state index in [4.69, 9.17) is 5.73 Å². The summed E-state index contributed by atoms with van der Waals surface area (Å²) in [6.07, 6.45) is -4.10. The molecular formula is C33H53F3N6O6. The number of ketones is 1. The number of halogens is 3. The van der Waals surface area contributed by atoms with Crippen LogP contribution in [0.5, 0.6) is 0 Å². The first-order chi connectivity index (χ1) is 21.8. The van der Waals surface area contributed by atoms with Gasteiger partial charge in [-0.25, -0.2) is 4.79 Å². The molecule has 1 saturated heterocycles. The molecule has 1 rings (SSSR count). The van der Waals surface area contributed by atoms with Gasteiger partial charge in [0.15, 0.2) is 0 Å². The van der Waals surface area contributed by atoms with E-state index in [2.05, 4.69) is 29.1 Å². The average molecular weight is 687 g/mol. The number of Topliss-reactive ketones (excluding diaryl/α,β-unsaturated/α-hetero) is 1. The highest BCUT2D eigenvalue weighted by molar-refractivity contribution is 6.37. The van der Waals surface area contributed by atoms with Gasteiger partial charge in [-0.15, -0.1) is 13.2 Å². The van der Waals surface area contributed by atoms with Crippen LogP contribution in [-0.4, -0.2) is 95.7 Å². The average Bonchev–Trinajstić information content (AvgIpc) is 3.34. The van der Waals surface area contributed by atoms with Gasteiger partial charge in [0.1, 0.15) is 18.1 Å². The van der Waals surface area contributed by atoms with E-state index < -0.39 is 89.5 Å². The topological polar surface area (TPSA) is 171 Å². The van der Waals surface area contributed by atoms with Crippen molar-refractivity contribution in [3.63, 3.8) is 0 Å². The lowest BCUT2D eigenvalue weighted by Crippen LogP contribution is -2.62. The Hall–Kier alpha value is -3.91. The van der Waals surface area contributed by atoms with E-state index in [1.54, 1.807) is 48.6 Å². The molecule has 12 nitrogen and oxygen atoms in total. The Morgan fingerprint density at radius 1 is 0.938 bits per heavy atom.